The zero-order valence-electron chi connectivity index (χ0n) is 10.2. The van der Waals surface area contributed by atoms with E-state index in [1.807, 2.05) is 13.0 Å². The van der Waals surface area contributed by atoms with E-state index < -0.39 is 7.32 Å². The van der Waals surface area contributed by atoms with Gasteiger partial charge >= 0.3 is 36.9 Å². The summed E-state index contributed by atoms with van der Waals surface area (Å²) in [6.45, 7) is 4.12. The minimum atomic E-state index is -2.17. The van der Waals surface area contributed by atoms with Crippen LogP contribution in [0.1, 0.15) is 22.8 Å². The zero-order valence-corrected chi connectivity index (χ0v) is 12.2. The quantitative estimate of drug-likeness (QED) is 0.293. The summed E-state index contributed by atoms with van der Waals surface area (Å²) in [7, 11) is -2.17. The fourth-order valence-electron chi connectivity index (χ4n) is 0.844. The van der Waals surface area contributed by atoms with Gasteiger partial charge in [-0.2, -0.15) is 29.8 Å². The standard InChI is InChI=1S/C10H11O2.BH3O3.Na/c1-3-12-10(11)9-6-4-8(2)5-7-9;2-1(3)4;/h4,6-7H,3H2,1-2H3;2-4H;/q-1;;+1. The van der Waals surface area contributed by atoms with Crippen LogP contribution >= 0.6 is 0 Å². The third-order valence-electron chi connectivity index (χ3n) is 1.48. The second-order valence-electron chi connectivity index (χ2n) is 2.83. The largest absolute Gasteiger partial charge is 1.00 e. The Kier molecular flexibility index (Phi) is 12.0. The van der Waals surface area contributed by atoms with E-state index in [0.717, 1.165) is 5.56 Å². The predicted molar refractivity (Wildman–Crippen MR) is 58.4 cm³/mol. The summed E-state index contributed by atoms with van der Waals surface area (Å²) in [4.78, 5) is 11.1. The third kappa shape index (κ3) is 10.5. The van der Waals surface area contributed by atoms with Gasteiger partial charge in [-0.15, -0.1) is 0 Å². The van der Waals surface area contributed by atoms with E-state index in [1.54, 1.807) is 19.1 Å². The summed E-state index contributed by atoms with van der Waals surface area (Å²) in [5.41, 5.74) is 1.57. The number of esters is 1. The summed E-state index contributed by atoms with van der Waals surface area (Å²) in [5, 5.41) is 21.5. The van der Waals surface area contributed by atoms with Crippen LogP contribution in [0.4, 0.5) is 0 Å². The Bertz CT molecular complexity index is 312. The van der Waals surface area contributed by atoms with Crippen LogP contribution in [-0.2, 0) is 4.74 Å². The topological polar surface area (TPSA) is 87.0 Å². The van der Waals surface area contributed by atoms with E-state index in [9.17, 15) is 4.79 Å². The van der Waals surface area contributed by atoms with Crippen LogP contribution in [0.3, 0.4) is 0 Å². The van der Waals surface area contributed by atoms with Gasteiger partial charge in [-0.05, 0) is 6.92 Å². The first-order valence-electron chi connectivity index (χ1n) is 4.67. The number of ether oxygens (including phenoxy) is 1. The SMILES string of the molecule is CCOC(=O)c1c[c-]c(C)cc1.OB(O)O.[Na+]. The van der Waals surface area contributed by atoms with Crippen molar-refractivity contribution in [3.05, 3.63) is 35.4 Å². The minimum absolute atomic E-state index is 0. The Labute approximate surface area is 123 Å². The molecule has 0 atom stereocenters. The Morgan fingerprint density at radius 3 is 2.29 bits per heavy atom. The van der Waals surface area contributed by atoms with Gasteiger partial charge in [-0.25, -0.2) is 0 Å². The summed E-state index contributed by atoms with van der Waals surface area (Å²) in [6.07, 6.45) is 0. The maximum Gasteiger partial charge on any atom is 1.00 e. The molecule has 88 valence electrons. The molecule has 1 rings (SSSR count). The van der Waals surface area contributed by atoms with Crippen molar-refractivity contribution in [3.8, 4) is 0 Å². The van der Waals surface area contributed by atoms with Crippen LogP contribution in [0.25, 0.3) is 0 Å². The molecule has 0 aliphatic rings. The number of carbonyl (C=O) groups excluding carboxylic acids is 1. The van der Waals surface area contributed by atoms with Gasteiger partial charge in [-0.3, -0.25) is 4.79 Å². The smallest absolute Gasteiger partial charge is 0.472 e. The van der Waals surface area contributed by atoms with E-state index in [2.05, 4.69) is 6.07 Å². The molecule has 7 heteroatoms. The Morgan fingerprint density at radius 1 is 1.41 bits per heavy atom. The molecule has 0 aromatic heterocycles. The molecule has 3 N–H and O–H groups in total. The van der Waals surface area contributed by atoms with E-state index in [-0.39, 0.29) is 35.5 Å². The molecular weight excluding hydrogens is 234 g/mol. The van der Waals surface area contributed by atoms with Gasteiger partial charge in [0, 0.05) is 0 Å². The molecule has 0 unspecified atom stereocenters. The van der Waals surface area contributed by atoms with Crippen LogP contribution in [-0.4, -0.2) is 35.0 Å². The average molecular weight is 248 g/mol. The van der Waals surface area contributed by atoms with Gasteiger partial charge in [-0.1, -0.05) is 12.5 Å². The summed E-state index contributed by atoms with van der Waals surface area (Å²) >= 11 is 0. The summed E-state index contributed by atoms with van der Waals surface area (Å²) in [5.74, 6) is -0.284. The maximum atomic E-state index is 11.1. The second-order valence-corrected chi connectivity index (χ2v) is 2.83. The van der Waals surface area contributed by atoms with Crippen LogP contribution in [0.2, 0.25) is 0 Å². The number of carbonyl (C=O) groups is 1. The summed E-state index contributed by atoms with van der Waals surface area (Å²) in [6, 6.07) is 8.16. The monoisotopic (exact) mass is 248 g/mol. The van der Waals surface area contributed by atoms with Crippen molar-refractivity contribution in [2.45, 2.75) is 13.8 Å². The van der Waals surface area contributed by atoms with Crippen LogP contribution in [0, 0.1) is 13.0 Å². The van der Waals surface area contributed by atoms with Gasteiger partial charge in [0.1, 0.15) is 0 Å². The Morgan fingerprint density at radius 2 is 1.94 bits per heavy atom. The molecule has 1 aromatic carbocycles. The fraction of sp³-hybridized carbons (Fsp3) is 0.300. The molecule has 0 saturated carbocycles. The normalized spacial score (nSPS) is 8.29. The van der Waals surface area contributed by atoms with Crippen molar-refractivity contribution in [1.82, 2.24) is 0 Å². The number of hydrogen-bond acceptors (Lipinski definition) is 5. The average Bonchev–Trinajstić information content (AvgIpc) is 2.18. The van der Waals surface area contributed by atoms with E-state index in [4.69, 9.17) is 19.8 Å². The first-order chi connectivity index (χ1) is 7.47. The van der Waals surface area contributed by atoms with Crippen LogP contribution in [0.5, 0.6) is 0 Å². The fourth-order valence-corrected chi connectivity index (χ4v) is 0.844. The number of aryl methyl sites for hydroxylation is 1. The zero-order chi connectivity index (χ0) is 12.6. The minimum Gasteiger partial charge on any atom is -0.472 e. The van der Waals surface area contributed by atoms with Crippen molar-refractivity contribution < 1.29 is 54.2 Å². The molecule has 5 nitrogen and oxygen atoms in total. The molecule has 1 aromatic rings. The molecule has 0 aliphatic carbocycles. The van der Waals surface area contributed by atoms with Gasteiger partial charge in [0.05, 0.1) is 6.61 Å². The van der Waals surface area contributed by atoms with Crippen molar-refractivity contribution in [2.75, 3.05) is 6.61 Å². The molecule has 0 spiro atoms. The van der Waals surface area contributed by atoms with Crippen LogP contribution in [0.15, 0.2) is 18.2 Å². The van der Waals surface area contributed by atoms with Gasteiger partial charge in [0.2, 0.25) is 0 Å². The molecule has 0 bridgehead atoms. The second kappa shape index (κ2) is 10.8. The summed E-state index contributed by atoms with van der Waals surface area (Å²) < 4.78 is 4.81. The molecule has 0 fully saturated rings. The molecule has 0 heterocycles. The van der Waals surface area contributed by atoms with Crippen molar-refractivity contribution in [2.24, 2.45) is 0 Å². The van der Waals surface area contributed by atoms with E-state index in [0.29, 0.717) is 12.2 Å². The molecule has 17 heavy (non-hydrogen) atoms. The molecular formula is C10H14BNaO5. The first kappa shape index (κ1) is 19.0. The van der Waals surface area contributed by atoms with Gasteiger partial charge in [0.25, 0.3) is 5.97 Å². The molecule has 0 aliphatic heterocycles. The van der Waals surface area contributed by atoms with Crippen LogP contribution < -0.4 is 29.6 Å². The van der Waals surface area contributed by atoms with E-state index >= 15 is 0 Å². The van der Waals surface area contributed by atoms with E-state index in [1.165, 1.54) is 0 Å². The number of benzene rings is 1. The Balaban J connectivity index is 0. The van der Waals surface area contributed by atoms with Gasteiger partial charge in [0.15, 0.2) is 0 Å². The molecule has 0 amide bonds. The molecule has 0 saturated heterocycles. The number of hydrogen-bond donors (Lipinski definition) is 3. The number of rotatable bonds is 2. The Hall–Kier alpha value is -0.365. The van der Waals surface area contributed by atoms with Crippen molar-refractivity contribution in [1.29, 1.82) is 0 Å². The van der Waals surface area contributed by atoms with Crippen molar-refractivity contribution >= 4 is 13.3 Å². The molecule has 0 radical (unpaired) electrons. The maximum absolute atomic E-state index is 11.1. The van der Waals surface area contributed by atoms with Gasteiger partial charge < -0.3 is 19.8 Å². The third-order valence-corrected chi connectivity index (χ3v) is 1.48. The predicted octanol–water partition coefficient (Wildman–Crippen LogP) is -3.08. The first-order valence-corrected chi connectivity index (χ1v) is 4.67. The van der Waals surface area contributed by atoms with Crippen molar-refractivity contribution in [3.63, 3.8) is 0 Å².